The van der Waals surface area contributed by atoms with E-state index in [1.807, 2.05) is 12.2 Å². The van der Waals surface area contributed by atoms with Crippen LogP contribution < -0.4 is 0 Å². The Kier molecular flexibility index (Phi) is 5.18. The molecule has 98 valence electrons. The van der Waals surface area contributed by atoms with Gasteiger partial charge in [-0.1, -0.05) is 58.9 Å². The summed E-state index contributed by atoms with van der Waals surface area (Å²) in [4.78, 5) is 0. The van der Waals surface area contributed by atoms with E-state index in [1.165, 1.54) is 0 Å². The summed E-state index contributed by atoms with van der Waals surface area (Å²) >= 11 is 0. The van der Waals surface area contributed by atoms with Gasteiger partial charge in [-0.3, -0.25) is 0 Å². The van der Waals surface area contributed by atoms with Crippen LogP contribution in [0.25, 0.3) is 0 Å². The van der Waals surface area contributed by atoms with Gasteiger partial charge in [0, 0.05) is 10.8 Å². The minimum Gasteiger partial charge on any atom is -0.411 e. The monoisotopic (exact) mass is 237 g/mol. The van der Waals surface area contributed by atoms with Crippen molar-refractivity contribution in [3.8, 4) is 0 Å². The second kappa shape index (κ2) is 5.52. The third-order valence-corrected chi connectivity index (χ3v) is 4.37. The van der Waals surface area contributed by atoms with Gasteiger partial charge in [0.1, 0.15) is 0 Å². The normalized spacial score (nSPS) is 18.4. The van der Waals surface area contributed by atoms with Gasteiger partial charge in [-0.25, -0.2) is 0 Å². The molecule has 0 aromatic heterocycles. The number of oxime groups is 1. The number of hydrogen-bond donors (Lipinski definition) is 1. The van der Waals surface area contributed by atoms with E-state index < -0.39 is 0 Å². The molecule has 0 aliphatic heterocycles. The van der Waals surface area contributed by atoms with Crippen LogP contribution in [0.15, 0.2) is 30.5 Å². The van der Waals surface area contributed by atoms with Gasteiger partial charge in [0.2, 0.25) is 0 Å². The quantitative estimate of drug-likeness (QED) is 0.313. The smallest absolute Gasteiger partial charge is 0.0768 e. The van der Waals surface area contributed by atoms with E-state index >= 15 is 0 Å². The molecule has 0 amide bonds. The molecule has 0 aromatic rings. The summed E-state index contributed by atoms with van der Waals surface area (Å²) in [5.41, 5.74) is 0.0733. The first-order valence-electron chi connectivity index (χ1n) is 6.20. The summed E-state index contributed by atoms with van der Waals surface area (Å²) in [6, 6.07) is 0. The summed E-state index contributed by atoms with van der Waals surface area (Å²) in [7, 11) is 0. The molecule has 0 spiro atoms. The van der Waals surface area contributed by atoms with Crippen molar-refractivity contribution in [1.29, 1.82) is 0 Å². The molecule has 0 aromatic carbocycles. The fourth-order valence-corrected chi connectivity index (χ4v) is 2.01. The van der Waals surface area contributed by atoms with Crippen LogP contribution >= 0.6 is 0 Å². The predicted molar refractivity (Wildman–Crippen MR) is 75.5 cm³/mol. The number of allylic oxidation sites excluding steroid dienone is 2. The number of nitrogens with zero attached hydrogens (tertiary/aromatic N) is 1. The summed E-state index contributed by atoms with van der Waals surface area (Å²) in [5.74, 6) is 0.618. The van der Waals surface area contributed by atoms with Crippen molar-refractivity contribution in [3.05, 3.63) is 25.3 Å². The van der Waals surface area contributed by atoms with E-state index in [0.717, 1.165) is 5.71 Å². The molecule has 0 saturated carbocycles. The lowest BCUT2D eigenvalue weighted by Crippen LogP contribution is -2.44. The molecule has 17 heavy (non-hydrogen) atoms. The standard InChI is InChI=1S/C15H27NO/c1-9-14(7,11(3)4)13(16-17)15(8,10-2)12(5)6/h9-12,17H,1-2H2,3-8H3. The molecule has 2 heteroatoms. The Morgan fingerprint density at radius 2 is 1.29 bits per heavy atom. The second-order valence-corrected chi connectivity index (χ2v) is 5.73. The predicted octanol–water partition coefficient (Wildman–Crippen LogP) is 4.51. The number of rotatable bonds is 6. The van der Waals surface area contributed by atoms with Crippen LogP contribution in [0.5, 0.6) is 0 Å². The Labute approximate surface area is 106 Å². The molecule has 2 nitrogen and oxygen atoms in total. The molecule has 2 atom stereocenters. The lowest BCUT2D eigenvalue weighted by atomic mass is 9.62. The lowest BCUT2D eigenvalue weighted by Gasteiger charge is -2.42. The van der Waals surface area contributed by atoms with Crippen molar-refractivity contribution >= 4 is 5.71 Å². The van der Waals surface area contributed by atoms with Crippen molar-refractivity contribution in [2.75, 3.05) is 0 Å². The fourth-order valence-electron chi connectivity index (χ4n) is 2.01. The Balaban J connectivity index is 5.80. The van der Waals surface area contributed by atoms with Gasteiger partial charge in [0.05, 0.1) is 5.71 Å². The highest BCUT2D eigenvalue weighted by Gasteiger charge is 2.43. The van der Waals surface area contributed by atoms with E-state index in [9.17, 15) is 5.21 Å². The first-order valence-corrected chi connectivity index (χ1v) is 6.20. The largest absolute Gasteiger partial charge is 0.411 e. The molecule has 2 unspecified atom stereocenters. The molecule has 0 aliphatic carbocycles. The number of hydrogen-bond acceptors (Lipinski definition) is 2. The van der Waals surface area contributed by atoms with Gasteiger partial charge >= 0.3 is 0 Å². The Bertz CT molecular complexity index is 289. The third kappa shape index (κ3) is 2.62. The zero-order chi connectivity index (χ0) is 13.9. The van der Waals surface area contributed by atoms with E-state index in [2.05, 4.69) is 59.9 Å². The van der Waals surface area contributed by atoms with Gasteiger partial charge in [-0.05, 0) is 11.8 Å². The third-order valence-electron chi connectivity index (χ3n) is 4.37. The molecular weight excluding hydrogens is 210 g/mol. The molecule has 0 heterocycles. The van der Waals surface area contributed by atoms with Crippen molar-refractivity contribution in [1.82, 2.24) is 0 Å². The molecule has 0 bridgehead atoms. The molecule has 1 N–H and O–H groups in total. The average Bonchev–Trinajstić information content (AvgIpc) is 2.28. The van der Waals surface area contributed by atoms with Gasteiger partial charge in [-0.15, -0.1) is 13.2 Å². The zero-order valence-corrected chi connectivity index (χ0v) is 12.1. The maximum Gasteiger partial charge on any atom is 0.0768 e. The van der Waals surface area contributed by atoms with Crippen LogP contribution in [-0.2, 0) is 0 Å². The highest BCUT2D eigenvalue weighted by atomic mass is 16.4. The maximum absolute atomic E-state index is 9.45. The second-order valence-electron chi connectivity index (χ2n) is 5.73. The molecule has 0 rings (SSSR count). The SMILES string of the molecule is C=CC(C)(C(=NO)C(C)(C=C)C(C)C)C(C)C. The van der Waals surface area contributed by atoms with Crippen LogP contribution in [0.2, 0.25) is 0 Å². The van der Waals surface area contributed by atoms with Gasteiger partial charge in [0.25, 0.3) is 0 Å². The van der Waals surface area contributed by atoms with E-state index in [-0.39, 0.29) is 10.8 Å². The first kappa shape index (κ1) is 16.0. The van der Waals surface area contributed by atoms with Gasteiger partial charge < -0.3 is 5.21 Å². The minimum absolute atomic E-state index is 0.309. The molecule has 0 aliphatic rings. The lowest BCUT2D eigenvalue weighted by molar-refractivity contribution is 0.271. The summed E-state index contributed by atoms with van der Waals surface area (Å²) < 4.78 is 0. The van der Waals surface area contributed by atoms with Crippen LogP contribution in [0, 0.1) is 22.7 Å². The summed E-state index contributed by atoms with van der Waals surface area (Å²) in [6.07, 6.45) is 3.74. The highest BCUT2D eigenvalue weighted by Crippen LogP contribution is 2.42. The van der Waals surface area contributed by atoms with Crippen LogP contribution in [0.4, 0.5) is 0 Å². The van der Waals surface area contributed by atoms with Crippen LogP contribution in [-0.4, -0.2) is 10.9 Å². The Morgan fingerprint density at radius 1 is 1.00 bits per heavy atom. The zero-order valence-electron chi connectivity index (χ0n) is 12.1. The van der Waals surface area contributed by atoms with E-state index in [0.29, 0.717) is 11.8 Å². The summed E-state index contributed by atoms with van der Waals surface area (Å²) in [5, 5.41) is 13.0. The highest BCUT2D eigenvalue weighted by molar-refractivity contribution is 5.97. The van der Waals surface area contributed by atoms with Crippen molar-refractivity contribution in [2.45, 2.75) is 41.5 Å². The maximum atomic E-state index is 9.45. The van der Waals surface area contributed by atoms with Crippen molar-refractivity contribution in [2.24, 2.45) is 27.8 Å². The Hall–Kier alpha value is -1.05. The van der Waals surface area contributed by atoms with Crippen LogP contribution in [0.3, 0.4) is 0 Å². The van der Waals surface area contributed by atoms with Crippen molar-refractivity contribution < 1.29 is 5.21 Å². The first-order chi connectivity index (χ1) is 7.70. The van der Waals surface area contributed by atoms with Gasteiger partial charge in [0.15, 0.2) is 0 Å². The molecule has 0 saturated heterocycles. The van der Waals surface area contributed by atoms with Crippen LogP contribution in [0.1, 0.15) is 41.5 Å². The van der Waals surface area contributed by atoms with E-state index in [4.69, 9.17) is 0 Å². The Morgan fingerprint density at radius 3 is 1.41 bits per heavy atom. The van der Waals surface area contributed by atoms with Crippen molar-refractivity contribution in [3.63, 3.8) is 0 Å². The molecule has 0 radical (unpaired) electrons. The summed E-state index contributed by atoms with van der Waals surface area (Å²) in [6.45, 7) is 20.4. The average molecular weight is 237 g/mol. The fraction of sp³-hybridized carbons (Fsp3) is 0.667. The molecule has 0 fully saturated rings. The van der Waals surface area contributed by atoms with E-state index in [1.54, 1.807) is 0 Å². The topological polar surface area (TPSA) is 32.6 Å². The van der Waals surface area contributed by atoms with Gasteiger partial charge in [-0.2, -0.15) is 0 Å². The minimum atomic E-state index is -0.331. The molecular formula is C15H27NO.